The maximum atomic E-state index is 10.3. The van der Waals surface area contributed by atoms with Crippen molar-refractivity contribution in [1.29, 1.82) is 5.26 Å². The first-order chi connectivity index (χ1) is 34.7. The van der Waals surface area contributed by atoms with E-state index in [0.29, 0.717) is 5.56 Å². The topological polar surface area (TPSA) is 56.6 Å². The highest BCUT2D eigenvalue weighted by molar-refractivity contribution is 6.29. The third-order valence-electron chi connectivity index (χ3n) is 14.0. The number of nitriles is 1. The van der Waals surface area contributed by atoms with E-state index in [-0.39, 0.29) is 0 Å². The molecule has 0 radical (unpaired) electrons. The summed E-state index contributed by atoms with van der Waals surface area (Å²) in [7, 11) is 0. The highest BCUT2D eigenvalue weighted by Crippen LogP contribution is 2.52. The molecule has 0 amide bonds. The van der Waals surface area contributed by atoms with Crippen molar-refractivity contribution in [3.05, 3.63) is 242 Å². The molecule has 5 nitrogen and oxygen atoms in total. The summed E-state index contributed by atoms with van der Waals surface area (Å²) in [5.74, 6) is 0. The van der Waals surface area contributed by atoms with Crippen molar-refractivity contribution in [3.8, 4) is 28.3 Å². The SMILES string of the molecule is N#Cc1ccc(N(c2ccc3ccc4c(N(c5ccccc5-c5ccccc5)c5cccc6c5oc5ccccc56)ccc5ccc2c3c54)c2cccc3c2oc2ccccc23)c(-c2ccccc2)c1. The molecule has 0 saturated heterocycles. The van der Waals surface area contributed by atoms with Gasteiger partial charge in [0.1, 0.15) is 11.2 Å². The van der Waals surface area contributed by atoms with Crippen molar-refractivity contribution in [2.24, 2.45) is 0 Å². The van der Waals surface area contributed by atoms with Crippen molar-refractivity contribution >= 4 is 110 Å². The second-order valence-corrected chi connectivity index (χ2v) is 17.9. The molecule has 14 rings (SSSR count). The maximum absolute atomic E-state index is 10.3. The smallest absolute Gasteiger partial charge is 0.159 e. The zero-order valence-electron chi connectivity index (χ0n) is 37.7. The van der Waals surface area contributed by atoms with Crippen molar-refractivity contribution in [1.82, 2.24) is 0 Å². The first-order valence-electron chi connectivity index (χ1n) is 23.6. The summed E-state index contributed by atoms with van der Waals surface area (Å²) in [4.78, 5) is 4.74. The number of para-hydroxylation sites is 5. The second kappa shape index (κ2) is 15.7. The monoisotopic (exact) mass is 893 g/mol. The van der Waals surface area contributed by atoms with Gasteiger partial charge in [-0.3, -0.25) is 0 Å². The normalized spacial score (nSPS) is 11.7. The Morgan fingerprint density at radius 3 is 1.30 bits per heavy atom. The highest BCUT2D eigenvalue weighted by Gasteiger charge is 2.28. The van der Waals surface area contributed by atoms with Gasteiger partial charge in [-0.25, -0.2) is 0 Å². The van der Waals surface area contributed by atoms with Crippen LogP contribution in [0, 0.1) is 11.3 Å². The molecule has 0 unspecified atom stereocenters. The van der Waals surface area contributed by atoms with Gasteiger partial charge in [-0.2, -0.15) is 5.26 Å². The Kier molecular flexibility index (Phi) is 8.89. The summed E-state index contributed by atoms with van der Waals surface area (Å²) in [5.41, 5.74) is 13.9. The lowest BCUT2D eigenvalue weighted by Gasteiger charge is -2.31. The van der Waals surface area contributed by atoms with Crippen LogP contribution in [0.25, 0.3) is 98.4 Å². The molecule has 2 aromatic heterocycles. The minimum Gasteiger partial charge on any atom is -0.454 e. The van der Waals surface area contributed by atoms with Crippen LogP contribution >= 0.6 is 0 Å². The number of hydrogen-bond acceptors (Lipinski definition) is 5. The molecule has 14 aromatic rings. The van der Waals surface area contributed by atoms with Crippen LogP contribution in [0.2, 0.25) is 0 Å². The summed E-state index contributed by atoms with van der Waals surface area (Å²) in [6, 6.07) is 85.6. The first kappa shape index (κ1) is 39.5. The van der Waals surface area contributed by atoms with E-state index in [1.807, 2.05) is 54.6 Å². The van der Waals surface area contributed by atoms with E-state index >= 15 is 0 Å². The Morgan fingerprint density at radius 1 is 0.314 bits per heavy atom. The van der Waals surface area contributed by atoms with Gasteiger partial charge in [0.15, 0.2) is 11.2 Å². The van der Waals surface area contributed by atoms with E-state index in [4.69, 9.17) is 8.83 Å². The van der Waals surface area contributed by atoms with E-state index in [9.17, 15) is 5.26 Å². The molecule has 326 valence electrons. The van der Waals surface area contributed by atoms with Gasteiger partial charge in [0.2, 0.25) is 0 Å². The molecule has 70 heavy (non-hydrogen) atoms. The third kappa shape index (κ3) is 6.04. The predicted octanol–water partition coefficient (Wildman–Crippen LogP) is 18.5. The summed E-state index contributed by atoms with van der Waals surface area (Å²) >= 11 is 0. The number of nitrogens with zero attached hydrogens (tertiary/aromatic N) is 3. The van der Waals surface area contributed by atoms with Gasteiger partial charge in [0.05, 0.1) is 45.8 Å². The summed E-state index contributed by atoms with van der Waals surface area (Å²) in [6.45, 7) is 0. The van der Waals surface area contributed by atoms with Crippen molar-refractivity contribution < 1.29 is 8.83 Å². The van der Waals surface area contributed by atoms with Crippen molar-refractivity contribution in [3.63, 3.8) is 0 Å². The Balaban J connectivity index is 1.07. The Morgan fingerprint density at radius 2 is 0.743 bits per heavy atom. The van der Waals surface area contributed by atoms with E-state index in [1.165, 1.54) is 5.39 Å². The molecule has 12 aromatic carbocycles. The molecule has 0 atom stereocenters. The van der Waals surface area contributed by atoms with Gasteiger partial charge in [-0.15, -0.1) is 0 Å². The molecule has 0 aliphatic rings. The average molecular weight is 894 g/mol. The fourth-order valence-electron chi connectivity index (χ4n) is 10.9. The number of fused-ring (bicyclic) bond motifs is 6. The summed E-state index contributed by atoms with van der Waals surface area (Å²) in [6.07, 6.45) is 0. The molecule has 0 aliphatic heterocycles. The molecule has 0 fully saturated rings. The van der Waals surface area contributed by atoms with Gasteiger partial charge in [0.25, 0.3) is 0 Å². The molecule has 0 spiro atoms. The standard InChI is InChI=1S/C65H39N3O2/c66-40-41-29-36-57(53(39-41)43-17-5-2-6-18-43)68(59-26-14-23-50-48-21-9-12-28-61(48)70-65(50)59)56-38-33-45-30-34-51-55(37-32-44-31-35-52(56)63(45)62(44)51)67(54-24-10-7-19-46(54)42-15-3-1-4-16-42)58-25-13-22-49-47-20-8-11-27-60(47)69-64(49)58/h1-39H. The van der Waals surface area contributed by atoms with Crippen LogP contribution in [0.5, 0.6) is 0 Å². The number of furan rings is 2. The Labute approximate surface area is 402 Å². The van der Waals surface area contributed by atoms with Gasteiger partial charge in [-0.1, -0.05) is 176 Å². The van der Waals surface area contributed by atoms with Crippen LogP contribution in [0.1, 0.15) is 5.56 Å². The van der Waals surface area contributed by atoms with Gasteiger partial charge in [0, 0.05) is 43.4 Å². The van der Waals surface area contributed by atoms with E-state index in [1.54, 1.807) is 0 Å². The maximum Gasteiger partial charge on any atom is 0.159 e. The number of anilines is 6. The molecule has 0 saturated carbocycles. The van der Waals surface area contributed by atoms with E-state index in [2.05, 4.69) is 198 Å². The number of hydrogen-bond donors (Lipinski definition) is 0. The van der Waals surface area contributed by atoms with Crippen molar-refractivity contribution in [2.75, 3.05) is 9.80 Å². The fraction of sp³-hybridized carbons (Fsp3) is 0. The number of benzene rings is 12. The van der Waals surface area contributed by atoms with Gasteiger partial charge in [-0.05, 0) is 93.3 Å². The Hall–Kier alpha value is -9.63. The molecule has 0 bridgehead atoms. The average Bonchev–Trinajstić information content (AvgIpc) is 4.02. The second-order valence-electron chi connectivity index (χ2n) is 17.9. The van der Waals surface area contributed by atoms with E-state index < -0.39 is 0 Å². The zero-order valence-corrected chi connectivity index (χ0v) is 37.7. The van der Waals surface area contributed by atoms with Crippen LogP contribution in [0.15, 0.2) is 245 Å². The van der Waals surface area contributed by atoms with Crippen LogP contribution in [-0.2, 0) is 0 Å². The summed E-state index contributed by atoms with van der Waals surface area (Å²) < 4.78 is 13.7. The molecule has 2 heterocycles. The van der Waals surface area contributed by atoms with Crippen LogP contribution in [0.4, 0.5) is 34.1 Å². The minimum absolute atomic E-state index is 0.587. The van der Waals surface area contributed by atoms with Crippen LogP contribution < -0.4 is 9.80 Å². The molecule has 0 N–H and O–H groups in total. The fourth-order valence-corrected chi connectivity index (χ4v) is 10.9. The third-order valence-corrected chi connectivity index (χ3v) is 14.0. The summed E-state index contributed by atoms with van der Waals surface area (Å²) in [5, 5.41) is 21.3. The largest absolute Gasteiger partial charge is 0.454 e. The van der Waals surface area contributed by atoms with Crippen LogP contribution in [-0.4, -0.2) is 0 Å². The lowest BCUT2D eigenvalue weighted by atomic mass is 9.91. The molecule has 5 heteroatoms. The van der Waals surface area contributed by atoms with Gasteiger partial charge < -0.3 is 18.6 Å². The highest BCUT2D eigenvalue weighted by atomic mass is 16.3. The van der Waals surface area contributed by atoms with Crippen LogP contribution in [0.3, 0.4) is 0 Å². The number of rotatable bonds is 8. The quantitative estimate of drug-likeness (QED) is 0.142. The lowest BCUT2D eigenvalue weighted by molar-refractivity contribution is 0.669. The molecular weight excluding hydrogens is 855 g/mol. The molecular formula is C65H39N3O2. The predicted molar refractivity (Wildman–Crippen MR) is 290 cm³/mol. The minimum atomic E-state index is 0.587. The first-order valence-corrected chi connectivity index (χ1v) is 23.6. The van der Waals surface area contributed by atoms with Crippen molar-refractivity contribution in [2.45, 2.75) is 0 Å². The van der Waals surface area contributed by atoms with E-state index in [0.717, 1.165) is 127 Å². The van der Waals surface area contributed by atoms with Gasteiger partial charge >= 0.3 is 0 Å². The lowest BCUT2D eigenvalue weighted by Crippen LogP contribution is -2.13. The zero-order chi connectivity index (χ0) is 46.3. The Bertz CT molecular complexity index is 4390. The molecule has 0 aliphatic carbocycles.